The van der Waals surface area contributed by atoms with Crippen LogP contribution in [-0.4, -0.2) is 18.6 Å². The van der Waals surface area contributed by atoms with Crippen LogP contribution in [-0.2, 0) is 6.42 Å². The number of aryl methyl sites for hydroxylation is 1. The number of para-hydroxylation sites is 1. The third kappa shape index (κ3) is 1.92. The van der Waals surface area contributed by atoms with E-state index in [0.29, 0.717) is 0 Å². The summed E-state index contributed by atoms with van der Waals surface area (Å²) in [5.74, 6) is 1.00. The standard InChI is InChI=1S/C15H16N2O/c1-16-12-7-8-17-14(10-12)13-6-2-4-11-5-3-9-18-15(11)13/h2,4,6-8,10H,3,5,9H2,1H3,(H,16,17). The average Bonchev–Trinajstić information content (AvgIpc) is 2.47. The SMILES string of the molecule is CNc1ccnc(-c2cccc3c2OCCC3)c1. The maximum absolute atomic E-state index is 5.82. The Hall–Kier alpha value is -2.03. The Kier molecular flexibility index (Phi) is 2.89. The summed E-state index contributed by atoms with van der Waals surface area (Å²) in [5.41, 5.74) is 4.40. The fourth-order valence-corrected chi connectivity index (χ4v) is 2.32. The van der Waals surface area contributed by atoms with E-state index >= 15 is 0 Å². The minimum atomic E-state index is 0.801. The predicted molar refractivity (Wildman–Crippen MR) is 73.0 cm³/mol. The molecule has 0 fully saturated rings. The zero-order chi connectivity index (χ0) is 12.4. The number of benzene rings is 1. The van der Waals surface area contributed by atoms with Gasteiger partial charge in [-0.05, 0) is 36.6 Å². The number of hydrogen-bond donors (Lipinski definition) is 1. The number of pyridine rings is 1. The van der Waals surface area contributed by atoms with Crippen molar-refractivity contribution in [2.24, 2.45) is 0 Å². The van der Waals surface area contributed by atoms with Crippen LogP contribution in [0.4, 0.5) is 5.69 Å². The molecule has 2 heterocycles. The lowest BCUT2D eigenvalue weighted by atomic mass is 10.0. The molecule has 0 aliphatic carbocycles. The molecular formula is C15H16N2O. The molecule has 0 bridgehead atoms. The molecule has 0 atom stereocenters. The minimum Gasteiger partial charge on any atom is -0.493 e. The van der Waals surface area contributed by atoms with E-state index in [1.165, 1.54) is 5.56 Å². The number of nitrogens with one attached hydrogen (secondary N) is 1. The van der Waals surface area contributed by atoms with E-state index in [-0.39, 0.29) is 0 Å². The van der Waals surface area contributed by atoms with Crippen LogP contribution in [0, 0.1) is 0 Å². The molecule has 3 nitrogen and oxygen atoms in total. The lowest BCUT2D eigenvalue weighted by Crippen LogP contribution is -2.09. The highest BCUT2D eigenvalue weighted by molar-refractivity contribution is 5.72. The monoisotopic (exact) mass is 240 g/mol. The van der Waals surface area contributed by atoms with E-state index in [9.17, 15) is 0 Å². The van der Waals surface area contributed by atoms with Crippen molar-refractivity contribution in [1.29, 1.82) is 0 Å². The number of nitrogens with zero attached hydrogens (tertiary/aromatic N) is 1. The van der Waals surface area contributed by atoms with Crippen LogP contribution in [0.1, 0.15) is 12.0 Å². The number of aromatic nitrogens is 1. The van der Waals surface area contributed by atoms with Gasteiger partial charge in [0.05, 0.1) is 12.3 Å². The Bertz CT molecular complexity index is 566. The van der Waals surface area contributed by atoms with E-state index in [1.54, 1.807) is 0 Å². The van der Waals surface area contributed by atoms with Gasteiger partial charge in [0.1, 0.15) is 5.75 Å². The quantitative estimate of drug-likeness (QED) is 0.875. The fraction of sp³-hybridized carbons (Fsp3) is 0.267. The Morgan fingerprint density at radius 2 is 2.22 bits per heavy atom. The van der Waals surface area contributed by atoms with Crippen molar-refractivity contribution in [2.75, 3.05) is 19.0 Å². The van der Waals surface area contributed by atoms with Gasteiger partial charge in [0.25, 0.3) is 0 Å². The number of hydrogen-bond acceptors (Lipinski definition) is 3. The molecule has 1 aliphatic rings. The molecule has 3 heteroatoms. The van der Waals surface area contributed by atoms with Crippen molar-refractivity contribution < 1.29 is 4.74 Å². The first kappa shape index (κ1) is 11.1. The molecule has 92 valence electrons. The first-order valence-electron chi connectivity index (χ1n) is 6.27. The first-order valence-corrected chi connectivity index (χ1v) is 6.27. The van der Waals surface area contributed by atoms with Crippen LogP contribution in [0.25, 0.3) is 11.3 Å². The molecule has 0 saturated heterocycles. The fourth-order valence-electron chi connectivity index (χ4n) is 2.32. The van der Waals surface area contributed by atoms with Crippen molar-refractivity contribution in [1.82, 2.24) is 4.98 Å². The molecule has 1 aromatic heterocycles. The first-order chi connectivity index (χ1) is 8.88. The molecule has 0 spiro atoms. The summed E-state index contributed by atoms with van der Waals surface area (Å²) in [5, 5.41) is 3.14. The van der Waals surface area contributed by atoms with Crippen LogP contribution < -0.4 is 10.1 Å². The van der Waals surface area contributed by atoms with Gasteiger partial charge in [-0.15, -0.1) is 0 Å². The molecule has 18 heavy (non-hydrogen) atoms. The number of fused-ring (bicyclic) bond motifs is 1. The number of ether oxygens (including phenoxy) is 1. The van der Waals surface area contributed by atoms with Crippen LogP contribution in [0.5, 0.6) is 5.75 Å². The van der Waals surface area contributed by atoms with E-state index in [1.807, 2.05) is 25.4 Å². The Morgan fingerprint density at radius 3 is 3.11 bits per heavy atom. The summed E-state index contributed by atoms with van der Waals surface area (Å²) >= 11 is 0. The van der Waals surface area contributed by atoms with E-state index < -0.39 is 0 Å². The summed E-state index contributed by atoms with van der Waals surface area (Å²) in [6, 6.07) is 10.3. The summed E-state index contributed by atoms with van der Waals surface area (Å²) < 4.78 is 5.82. The van der Waals surface area contributed by atoms with Crippen LogP contribution >= 0.6 is 0 Å². The van der Waals surface area contributed by atoms with Crippen molar-refractivity contribution in [3.63, 3.8) is 0 Å². The van der Waals surface area contributed by atoms with E-state index in [4.69, 9.17) is 4.74 Å². The van der Waals surface area contributed by atoms with Crippen LogP contribution in [0.3, 0.4) is 0 Å². The highest BCUT2D eigenvalue weighted by Gasteiger charge is 2.16. The zero-order valence-corrected chi connectivity index (χ0v) is 10.4. The van der Waals surface area contributed by atoms with Crippen molar-refractivity contribution >= 4 is 5.69 Å². The maximum Gasteiger partial charge on any atom is 0.131 e. The summed E-state index contributed by atoms with van der Waals surface area (Å²) in [6.45, 7) is 0.801. The summed E-state index contributed by atoms with van der Waals surface area (Å²) in [4.78, 5) is 4.45. The molecular weight excluding hydrogens is 224 g/mol. The van der Waals surface area contributed by atoms with Gasteiger partial charge in [-0.25, -0.2) is 0 Å². The Labute approximate surface area is 107 Å². The lowest BCUT2D eigenvalue weighted by molar-refractivity contribution is 0.289. The molecule has 3 rings (SSSR count). The Morgan fingerprint density at radius 1 is 1.28 bits per heavy atom. The second-order valence-electron chi connectivity index (χ2n) is 4.43. The lowest BCUT2D eigenvalue weighted by Gasteiger charge is -2.20. The summed E-state index contributed by atoms with van der Waals surface area (Å²) in [7, 11) is 1.91. The van der Waals surface area contributed by atoms with Gasteiger partial charge < -0.3 is 10.1 Å². The number of rotatable bonds is 2. The predicted octanol–water partition coefficient (Wildman–Crippen LogP) is 3.12. The van der Waals surface area contributed by atoms with Gasteiger partial charge in [0.2, 0.25) is 0 Å². The van der Waals surface area contributed by atoms with Crippen molar-refractivity contribution in [3.8, 4) is 17.0 Å². The highest BCUT2D eigenvalue weighted by atomic mass is 16.5. The van der Waals surface area contributed by atoms with Gasteiger partial charge in [0, 0.05) is 24.5 Å². The molecule has 0 unspecified atom stereocenters. The number of anilines is 1. The molecule has 1 aromatic carbocycles. The zero-order valence-electron chi connectivity index (χ0n) is 10.4. The normalized spacial score (nSPS) is 13.6. The third-order valence-electron chi connectivity index (χ3n) is 3.26. The van der Waals surface area contributed by atoms with Gasteiger partial charge in [0.15, 0.2) is 0 Å². The van der Waals surface area contributed by atoms with E-state index in [2.05, 4.69) is 28.5 Å². The minimum absolute atomic E-state index is 0.801. The Balaban J connectivity index is 2.10. The van der Waals surface area contributed by atoms with Gasteiger partial charge in [-0.2, -0.15) is 0 Å². The second kappa shape index (κ2) is 4.69. The van der Waals surface area contributed by atoms with Crippen LogP contribution in [0.15, 0.2) is 36.5 Å². The van der Waals surface area contributed by atoms with E-state index in [0.717, 1.165) is 42.1 Å². The van der Waals surface area contributed by atoms with Crippen LogP contribution in [0.2, 0.25) is 0 Å². The van der Waals surface area contributed by atoms with Gasteiger partial charge in [-0.3, -0.25) is 4.98 Å². The molecule has 0 amide bonds. The largest absolute Gasteiger partial charge is 0.493 e. The molecule has 0 saturated carbocycles. The van der Waals surface area contributed by atoms with Gasteiger partial charge in [-0.1, -0.05) is 12.1 Å². The smallest absolute Gasteiger partial charge is 0.131 e. The molecule has 0 radical (unpaired) electrons. The molecule has 2 aromatic rings. The molecule has 1 aliphatic heterocycles. The van der Waals surface area contributed by atoms with Crippen molar-refractivity contribution in [2.45, 2.75) is 12.8 Å². The second-order valence-corrected chi connectivity index (χ2v) is 4.43. The molecule has 1 N–H and O–H groups in total. The maximum atomic E-state index is 5.82. The summed E-state index contributed by atoms with van der Waals surface area (Å²) in [6.07, 6.45) is 4.01. The van der Waals surface area contributed by atoms with Gasteiger partial charge >= 0.3 is 0 Å². The topological polar surface area (TPSA) is 34.2 Å². The highest BCUT2D eigenvalue weighted by Crippen LogP contribution is 2.35. The average molecular weight is 240 g/mol. The van der Waals surface area contributed by atoms with Crippen molar-refractivity contribution in [3.05, 3.63) is 42.1 Å². The third-order valence-corrected chi connectivity index (χ3v) is 3.26.